The molecule has 4 nitrogen and oxygen atoms in total. The van der Waals surface area contributed by atoms with Crippen LogP contribution in [0.25, 0.3) is 11.0 Å². The third kappa shape index (κ3) is 2.80. The first-order chi connectivity index (χ1) is 10.2. The predicted octanol–water partition coefficient (Wildman–Crippen LogP) is 3.60. The molecule has 0 aliphatic carbocycles. The van der Waals surface area contributed by atoms with Gasteiger partial charge in [-0.25, -0.2) is 0 Å². The number of nitrogens with one attached hydrogen (secondary N) is 2. The van der Waals surface area contributed by atoms with Gasteiger partial charge in [0, 0.05) is 28.6 Å². The second kappa shape index (κ2) is 5.87. The lowest BCUT2D eigenvalue weighted by Crippen LogP contribution is -2.19. The molecule has 0 aliphatic rings. The lowest BCUT2D eigenvalue weighted by atomic mass is 10.1. The topological polar surface area (TPSA) is 58.0 Å². The molecule has 1 unspecified atom stereocenters. The van der Waals surface area contributed by atoms with E-state index in [4.69, 9.17) is 4.42 Å². The van der Waals surface area contributed by atoms with E-state index in [9.17, 15) is 4.79 Å². The average molecular weight is 302 g/mol. The number of rotatable bonds is 5. The van der Waals surface area contributed by atoms with Gasteiger partial charge in [0.15, 0.2) is 0 Å². The van der Waals surface area contributed by atoms with E-state index in [1.807, 2.05) is 23.6 Å². The van der Waals surface area contributed by atoms with Crippen LogP contribution in [0.1, 0.15) is 36.9 Å². The van der Waals surface area contributed by atoms with Crippen LogP contribution in [0.2, 0.25) is 0 Å². The minimum absolute atomic E-state index is 0.0163. The van der Waals surface area contributed by atoms with Gasteiger partial charge in [-0.05, 0) is 19.4 Å². The van der Waals surface area contributed by atoms with Crippen LogP contribution in [0.4, 0.5) is 0 Å². The van der Waals surface area contributed by atoms with Crippen molar-refractivity contribution in [1.82, 2.24) is 10.3 Å². The molecule has 110 valence electrons. The molecule has 0 fully saturated rings. The molecule has 1 aromatic carbocycles. The van der Waals surface area contributed by atoms with Gasteiger partial charge in [0.2, 0.25) is 0 Å². The highest BCUT2D eigenvalue weighted by Crippen LogP contribution is 2.30. The molecule has 2 aromatic heterocycles. The average Bonchev–Trinajstić information content (AvgIpc) is 3.07. The Morgan fingerprint density at radius 3 is 2.90 bits per heavy atom. The van der Waals surface area contributed by atoms with Crippen molar-refractivity contribution >= 4 is 22.3 Å². The minimum Gasteiger partial charge on any atom is -0.459 e. The van der Waals surface area contributed by atoms with Crippen molar-refractivity contribution in [2.24, 2.45) is 0 Å². The standard InChI is InChI=1S/C16H18N2O2S/c1-3-12-13-6-4-5-7-14(13)20-15(12)10(2)17-8-11-9-21-16(19)18-11/h4-7,9-10,17H,3,8H2,1-2H3,(H,18,19). The molecular formula is C16H18N2O2S. The second-order valence-corrected chi connectivity index (χ2v) is 5.91. The third-order valence-electron chi connectivity index (χ3n) is 3.65. The van der Waals surface area contributed by atoms with E-state index in [2.05, 4.69) is 30.2 Å². The number of aryl methyl sites for hydroxylation is 1. The SMILES string of the molecule is CCc1c(C(C)NCc2csc(=O)[nH]2)oc2ccccc12. The van der Waals surface area contributed by atoms with Gasteiger partial charge in [0.05, 0.1) is 6.04 Å². The number of thiazole rings is 1. The Balaban J connectivity index is 1.83. The van der Waals surface area contributed by atoms with E-state index >= 15 is 0 Å². The molecule has 0 aliphatic heterocycles. The summed E-state index contributed by atoms with van der Waals surface area (Å²) in [5.74, 6) is 0.983. The highest BCUT2D eigenvalue weighted by atomic mass is 32.1. The van der Waals surface area contributed by atoms with Crippen LogP contribution >= 0.6 is 11.3 Å². The summed E-state index contributed by atoms with van der Waals surface area (Å²) in [5.41, 5.74) is 3.09. The van der Waals surface area contributed by atoms with Gasteiger partial charge < -0.3 is 14.7 Å². The molecule has 0 radical (unpaired) electrons. The number of hydrogen-bond acceptors (Lipinski definition) is 4. The second-order valence-electron chi connectivity index (χ2n) is 5.07. The first-order valence-corrected chi connectivity index (χ1v) is 7.97. The van der Waals surface area contributed by atoms with Gasteiger partial charge in [0.1, 0.15) is 11.3 Å². The molecule has 0 spiro atoms. The molecule has 3 aromatic rings. The van der Waals surface area contributed by atoms with E-state index < -0.39 is 0 Å². The van der Waals surface area contributed by atoms with Crippen LogP contribution < -0.4 is 10.2 Å². The van der Waals surface area contributed by atoms with E-state index in [1.54, 1.807) is 0 Å². The first kappa shape index (κ1) is 14.1. The largest absolute Gasteiger partial charge is 0.459 e. The fraction of sp³-hybridized carbons (Fsp3) is 0.312. The maximum absolute atomic E-state index is 11.1. The Morgan fingerprint density at radius 2 is 2.19 bits per heavy atom. The van der Waals surface area contributed by atoms with E-state index in [0.29, 0.717) is 6.54 Å². The molecule has 2 heterocycles. The van der Waals surface area contributed by atoms with Crippen LogP contribution in [0.5, 0.6) is 0 Å². The minimum atomic E-state index is -0.0163. The summed E-state index contributed by atoms with van der Waals surface area (Å²) >= 11 is 1.19. The summed E-state index contributed by atoms with van der Waals surface area (Å²) in [6.07, 6.45) is 0.938. The smallest absolute Gasteiger partial charge is 0.304 e. The van der Waals surface area contributed by atoms with Crippen LogP contribution in [-0.4, -0.2) is 4.98 Å². The van der Waals surface area contributed by atoms with E-state index in [0.717, 1.165) is 23.5 Å². The van der Waals surface area contributed by atoms with Gasteiger partial charge in [0.25, 0.3) is 0 Å². The van der Waals surface area contributed by atoms with E-state index in [1.165, 1.54) is 22.3 Å². The van der Waals surface area contributed by atoms with Crippen molar-refractivity contribution in [2.75, 3.05) is 0 Å². The Hall–Kier alpha value is -1.85. The summed E-state index contributed by atoms with van der Waals surface area (Å²) in [6.45, 7) is 4.85. The lowest BCUT2D eigenvalue weighted by Gasteiger charge is -2.12. The Morgan fingerprint density at radius 1 is 1.38 bits per heavy atom. The fourth-order valence-corrected chi connectivity index (χ4v) is 3.17. The van der Waals surface area contributed by atoms with Crippen LogP contribution in [0.3, 0.4) is 0 Å². The highest BCUT2D eigenvalue weighted by molar-refractivity contribution is 7.07. The van der Waals surface area contributed by atoms with Gasteiger partial charge in [-0.1, -0.05) is 36.5 Å². The zero-order chi connectivity index (χ0) is 14.8. The number of aromatic nitrogens is 1. The van der Waals surface area contributed by atoms with Crippen molar-refractivity contribution in [3.8, 4) is 0 Å². The number of H-pyrrole nitrogens is 1. The summed E-state index contributed by atoms with van der Waals surface area (Å²) < 4.78 is 6.01. The van der Waals surface area contributed by atoms with Crippen LogP contribution in [-0.2, 0) is 13.0 Å². The Kier molecular flexibility index (Phi) is 3.94. The summed E-state index contributed by atoms with van der Waals surface area (Å²) in [4.78, 5) is 13.9. The molecule has 0 saturated heterocycles. The summed E-state index contributed by atoms with van der Waals surface area (Å²) in [6, 6.07) is 8.22. The molecule has 2 N–H and O–H groups in total. The third-order valence-corrected chi connectivity index (χ3v) is 4.36. The molecule has 3 rings (SSSR count). The Labute approximate surface area is 126 Å². The molecule has 1 atom stereocenters. The maximum atomic E-state index is 11.1. The number of hydrogen-bond donors (Lipinski definition) is 2. The molecule has 0 saturated carbocycles. The van der Waals surface area contributed by atoms with Gasteiger partial charge in [-0.3, -0.25) is 4.79 Å². The molecule has 0 amide bonds. The fourth-order valence-electron chi connectivity index (χ4n) is 2.59. The van der Waals surface area contributed by atoms with Crippen molar-refractivity contribution in [2.45, 2.75) is 32.9 Å². The number of fused-ring (bicyclic) bond motifs is 1. The quantitative estimate of drug-likeness (QED) is 0.757. The van der Waals surface area contributed by atoms with Gasteiger partial charge in [-0.2, -0.15) is 0 Å². The molecule has 5 heteroatoms. The number of aromatic amines is 1. The number of benzene rings is 1. The first-order valence-electron chi connectivity index (χ1n) is 7.09. The van der Waals surface area contributed by atoms with Crippen LogP contribution in [0.15, 0.2) is 38.9 Å². The Bertz CT molecular complexity index is 800. The van der Waals surface area contributed by atoms with Crippen molar-refractivity contribution < 1.29 is 4.42 Å². The van der Waals surface area contributed by atoms with E-state index in [-0.39, 0.29) is 10.9 Å². The molecule has 0 bridgehead atoms. The number of furan rings is 1. The van der Waals surface area contributed by atoms with Crippen molar-refractivity contribution in [3.63, 3.8) is 0 Å². The summed E-state index contributed by atoms with van der Waals surface area (Å²) in [7, 11) is 0. The predicted molar refractivity (Wildman–Crippen MR) is 85.8 cm³/mol. The summed E-state index contributed by atoms with van der Waals surface area (Å²) in [5, 5.41) is 6.44. The zero-order valence-corrected chi connectivity index (χ0v) is 12.9. The van der Waals surface area contributed by atoms with Crippen molar-refractivity contribution in [1.29, 1.82) is 0 Å². The lowest BCUT2D eigenvalue weighted by molar-refractivity contribution is 0.444. The van der Waals surface area contributed by atoms with Crippen molar-refractivity contribution in [3.05, 3.63) is 56.3 Å². The maximum Gasteiger partial charge on any atom is 0.304 e. The monoisotopic (exact) mass is 302 g/mol. The highest BCUT2D eigenvalue weighted by Gasteiger charge is 2.17. The molecular weight excluding hydrogens is 284 g/mol. The molecule has 21 heavy (non-hydrogen) atoms. The zero-order valence-electron chi connectivity index (χ0n) is 12.1. The van der Waals surface area contributed by atoms with Gasteiger partial charge in [-0.15, -0.1) is 0 Å². The normalized spacial score (nSPS) is 12.9. The van der Waals surface area contributed by atoms with Crippen LogP contribution in [0, 0.1) is 0 Å². The van der Waals surface area contributed by atoms with Gasteiger partial charge >= 0.3 is 4.87 Å². The number of para-hydroxylation sites is 1.